The predicted molar refractivity (Wildman–Crippen MR) is 187 cm³/mol. The van der Waals surface area contributed by atoms with Crippen LogP contribution in [0, 0.1) is 12.3 Å². The first-order valence-electron chi connectivity index (χ1n) is 15.4. The van der Waals surface area contributed by atoms with Gasteiger partial charge in [0.25, 0.3) is 0 Å². The van der Waals surface area contributed by atoms with Crippen molar-refractivity contribution in [3.63, 3.8) is 0 Å². The maximum atomic E-state index is 6.06. The smallest absolute Gasteiger partial charge is 0.229 e. The third-order valence-corrected chi connectivity index (χ3v) is 10.6. The van der Waals surface area contributed by atoms with E-state index < -0.39 is 7.92 Å². The van der Waals surface area contributed by atoms with Crippen molar-refractivity contribution in [1.29, 1.82) is 0 Å². The van der Waals surface area contributed by atoms with Crippen LogP contribution in [0.2, 0.25) is 0 Å². The number of hydrogen-bond acceptors (Lipinski definition) is 10. The molecule has 10 nitrogen and oxygen atoms in total. The molecule has 2 fully saturated rings. The number of piperidine rings is 1. The summed E-state index contributed by atoms with van der Waals surface area (Å²) in [5.41, 5.74) is 3.47. The number of halogens is 1. The van der Waals surface area contributed by atoms with E-state index in [1.165, 1.54) is 0 Å². The molecule has 0 bridgehead atoms. The molecule has 0 spiro atoms. The average molecular weight is 695 g/mol. The quantitative estimate of drug-likeness (QED) is 0.246. The molecule has 3 aromatic rings. The molecule has 3 aliphatic heterocycles. The van der Waals surface area contributed by atoms with Crippen LogP contribution in [-0.4, -0.2) is 106 Å². The minimum Gasteiger partial charge on any atom is -0.494 e. The van der Waals surface area contributed by atoms with Crippen LogP contribution in [0.4, 0.5) is 28.8 Å². The minimum absolute atomic E-state index is 0.414. The molecule has 0 unspecified atom stereocenters. The van der Waals surface area contributed by atoms with E-state index in [2.05, 4.69) is 72.5 Å². The SMILES string of the molecule is C#Cc1cc(Nc2ncc(Br)c(Nc3ccc4c(c3P(C)C)OCCO4)n2)c(OC)cc1N1CCC(N2CCN(C)CC2)CC1. The molecular weight excluding hydrogens is 653 g/mol. The lowest BCUT2D eigenvalue weighted by Crippen LogP contribution is -2.52. The van der Waals surface area contributed by atoms with E-state index in [4.69, 9.17) is 25.6 Å². The van der Waals surface area contributed by atoms with Gasteiger partial charge in [-0.3, -0.25) is 4.90 Å². The topological polar surface area (TPSA) is 87.2 Å². The van der Waals surface area contributed by atoms with Gasteiger partial charge in [-0.25, -0.2) is 4.98 Å². The van der Waals surface area contributed by atoms with Gasteiger partial charge in [0.05, 0.1) is 28.6 Å². The Morgan fingerprint density at radius 3 is 2.49 bits per heavy atom. The monoisotopic (exact) mass is 693 g/mol. The lowest BCUT2D eigenvalue weighted by molar-refractivity contribution is 0.0982. The Labute approximate surface area is 275 Å². The van der Waals surface area contributed by atoms with E-state index in [0.717, 1.165) is 90.3 Å². The minimum atomic E-state index is -0.499. The molecule has 0 atom stereocenters. The molecule has 1 aromatic heterocycles. The first-order valence-corrected chi connectivity index (χ1v) is 18.4. The van der Waals surface area contributed by atoms with Gasteiger partial charge in [0.15, 0.2) is 11.5 Å². The molecule has 12 heteroatoms. The molecular formula is C33H41BrN7O3P. The number of anilines is 5. The molecule has 3 aliphatic rings. The number of aromatic nitrogens is 2. The number of methoxy groups -OCH3 is 1. The van der Waals surface area contributed by atoms with Crippen LogP contribution < -0.4 is 35.0 Å². The van der Waals surface area contributed by atoms with E-state index in [1.807, 2.05) is 24.3 Å². The summed E-state index contributed by atoms with van der Waals surface area (Å²) in [5, 5.41) is 7.95. The molecule has 2 aromatic carbocycles. The molecule has 238 valence electrons. The summed E-state index contributed by atoms with van der Waals surface area (Å²) < 4.78 is 18.4. The fraction of sp³-hybridized carbons (Fsp3) is 0.455. The highest BCUT2D eigenvalue weighted by atomic mass is 79.9. The molecule has 0 saturated carbocycles. The number of benzene rings is 2. The molecule has 0 radical (unpaired) electrons. The second-order valence-corrected chi connectivity index (χ2v) is 14.9. The van der Waals surface area contributed by atoms with E-state index >= 15 is 0 Å². The third kappa shape index (κ3) is 6.95. The van der Waals surface area contributed by atoms with E-state index in [-0.39, 0.29) is 0 Å². The molecule has 45 heavy (non-hydrogen) atoms. The van der Waals surface area contributed by atoms with Crippen molar-refractivity contribution in [1.82, 2.24) is 19.8 Å². The Kier molecular flexibility index (Phi) is 9.86. The highest BCUT2D eigenvalue weighted by Gasteiger charge is 2.28. The second-order valence-electron chi connectivity index (χ2n) is 11.8. The Balaban J connectivity index is 1.20. The van der Waals surface area contributed by atoms with Crippen LogP contribution in [0.5, 0.6) is 17.2 Å². The highest BCUT2D eigenvalue weighted by molar-refractivity contribution is 9.10. The summed E-state index contributed by atoms with van der Waals surface area (Å²) >= 11 is 3.62. The van der Waals surface area contributed by atoms with Crippen LogP contribution >= 0.6 is 23.9 Å². The molecule has 2 saturated heterocycles. The fourth-order valence-electron chi connectivity index (χ4n) is 6.28. The van der Waals surface area contributed by atoms with Gasteiger partial charge < -0.3 is 34.6 Å². The van der Waals surface area contributed by atoms with E-state index in [9.17, 15) is 0 Å². The van der Waals surface area contributed by atoms with Gasteiger partial charge in [0, 0.05) is 68.4 Å². The van der Waals surface area contributed by atoms with Crippen molar-refractivity contribution in [2.24, 2.45) is 0 Å². The zero-order chi connectivity index (χ0) is 31.5. The second kappa shape index (κ2) is 14.0. The standard InChI is InChI=1S/C33H41BrN7O3P/c1-6-22-19-26(29(42-3)20-27(22)41-11-9-23(10-12-41)40-15-13-39(2)14-16-40)37-33-35-21-24(34)32(38-33)36-25-7-8-28-30(31(25)45(4)5)44-18-17-43-28/h1,7-8,19-21,23H,9-18H2,2-5H3,(H2,35,36,37,38). The Morgan fingerprint density at radius 1 is 1.02 bits per heavy atom. The van der Waals surface area contributed by atoms with Gasteiger partial charge in [0.1, 0.15) is 24.8 Å². The van der Waals surface area contributed by atoms with Gasteiger partial charge in [-0.15, -0.1) is 6.42 Å². The summed E-state index contributed by atoms with van der Waals surface area (Å²) in [7, 11) is 3.38. The first-order chi connectivity index (χ1) is 21.8. The lowest BCUT2D eigenvalue weighted by atomic mass is 10.00. The average Bonchev–Trinajstić information content (AvgIpc) is 3.06. The first kappa shape index (κ1) is 31.7. The molecule has 0 amide bonds. The third-order valence-electron chi connectivity index (χ3n) is 8.71. The van der Waals surface area contributed by atoms with Gasteiger partial charge in [-0.2, -0.15) is 4.98 Å². The van der Waals surface area contributed by atoms with E-state index in [0.29, 0.717) is 42.5 Å². The zero-order valence-electron chi connectivity index (χ0n) is 26.4. The number of nitrogens with one attached hydrogen (secondary N) is 2. The van der Waals surface area contributed by atoms with Crippen molar-refractivity contribution in [3.8, 4) is 29.6 Å². The highest BCUT2D eigenvalue weighted by Crippen LogP contribution is 2.42. The number of terminal acetylenes is 1. The number of rotatable bonds is 8. The molecule has 6 rings (SSSR count). The van der Waals surface area contributed by atoms with Crippen molar-refractivity contribution in [2.45, 2.75) is 18.9 Å². The summed E-state index contributed by atoms with van der Waals surface area (Å²) in [6.07, 6.45) is 10.0. The number of ether oxygens (including phenoxy) is 3. The summed E-state index contributed by atoms with van der Waals surface area (Å²) in [5.74, 6) is 6.22. The predicted octanol–water partition coefficient (Wildman–Crippen LogP) is 5.07. The van der Waals surface area contributed by atoms with Crippen molar-refractivity contribution < 1.29 is 14.2 Å². The van der Waals surface area contributed by atoms with Crippen LogP contribution in [0.1, 0.15) is 18.4 Å². The largest absolute Gasteiger partial charge is 0.494 e. The maximum absolute atomic E-state index is 6.06. The summed E-state index contributed by atoms with van der Waals surface area (Å²) in [6.45, 7) is 12.0. The van der Waals surface area contributed by atoms with Crippen molar-refractivity contribution in [2.75, 3.05) is 95.5 Å². The van der Waals surface area contributed by atoms with Gasteiger partial charge in [-0.05, 0) is 67.3 Å². The van der Waals surface area contributed by atoms with Crippen LogP contribution in [0.15, 0.2) is 34.9 Å². The number of piperazine rings is 1. The fourth-order valence-corrected chi connectivity index (χ4v) is 7.76. The van der Waals surface area contributed by atoms with Gasteiger partial charge >= 0.3 is 0 Å². The number of fused-ring (bicyclic) bond motifs is 1. The van der Waals surface area contributed by atoms with Crippen LogP contribution in [0.25, 0.3) is 0 Å². The van der Waals surface area contributed by atoms with Crippen molar-refractivity contribution in [3.05, 3.63) is 40.5 Å². The number of nitrogens with zero attached hydrogens (tertiary/aromatic N) is 5. The zero-order valence-corrected chi connectivity index (χ0v) is 28.9. The van der Waals surface area contributed by atoms with Gasteiger partial charge in [-0.1, -0.05) is 13.8 Å². The Morgan fingerprint density at radius 2 is 1.78 bits per heavy atom. The molecule has 2 N–H and O–H groups in total. The van der Waals surface area contributed by atoms with Crippen LogP contribution in [-0.2, 0) is 0 Å². The van der Waals surface area contributed by atoms with Gasteiger partial charge in [0.2, 0.25) is 5.95 Å². The summed E-state index contributed by atoms with van der Waals surface area (Å²) in [4.78, 5) is 16.8. The Hall–Kier alpha value is -3.29. The van der Waals surface area contributed by atoms with Crippen LogP contribution in [0.3, 0.4) is 0 Å². The summed E-state index contributed by atoms with van der Waals surface area (Å²) in [6, 6.07) is 8.58. The Bertz CT molecular complexity index is 1570. The number of hydrogen-bond donors (Lipinski definition) is 2. The maximum Gasteiger partial charge on any atom is 0.229 e. The lowest BCUT2D eigenvalue weighted by Gasteiger charge is -2.42. The normalized spacial score (nSPS) is 17.7. The van der Waals surface area contributed by atoms with Crippen molar-refractivity contribution >= 4 is 58.0 Å². The number of likely N-dealkylation sites (N-methyl/N-ethyl adjacent to an activating group) is 1. The van der Waals surface area contributed by atoms with E-state index in [1.54, 1.807) is 13.3 Å². The molecule has 0 aliphatic carbocycles. The molecule has 4 heterocycles.